The highest BCUT2D eigenvalue weighted by molar-refractivity contribution is 7.76. The number of para-hydroxylation sites is 1. The molecule has 0 fully saturated rings. The van der Waals surface area contributed by atoms with E-state index < -0.39 is 0 Å². The molecule has 12 heavy (non-hydrogen) atoms. The molecular formula is C9H10NOS-. The number of benzene rings is 1. The lowest BCUT2D eigenvalue weighted by molar-refractivity contribution is 0.338. The molecule has 0 amide bonds. The molecule has 0 N–H and O–H groups in total. The van der Waals surface area contributed by atoms with E-state index >= 15 is 0 Å². The highest BCUT2D eigenvalue weighted by Gasteiger charge is 1.83. The van der Waals surface area contributed by atoms with Crippen LogP contribution in [0, 0.1) is 0 Å². The van der Waals surface area contributed by atoms with Crippen LogP contribution in [0.3, 0.4) is 0 Å². The van der Waals surface area contributed by atoms with Crippen molar-refractivity contribution < 1.29 is 4.74 Å². The Bertz CT molecular complexity index is 258. The first kappa shape index (κ1) is 9.00. The van der Waals surface area contributed by atoms with Crippen LogP contribution in [0.5, 0.6) is 0 Å². The average Bonchev–Trinajstić information content (AvgIpc) is 2.06. The molecule has 2 nitrogen and oxygen atoms in total. The minimum Gasteiger partial charge on any atom is -0.722 e. The van der Waals surface area contributed by atoms with Crippen molar-refractivity contribution in [3.63, 3.8) is 0 Å². The zero-order chi connectivity index (χ0) is 8.81. The summed E-state index contributed by atoms with van der Waals surface area (Å²) in [6.45, 7) is 2.45. The van der Waals surface area contributed by atoms with Crippen molar-refractivity contribution in [1.29, 1.82) is 0 Å². The first-order chi connectivity index (χ1) is 5.83. The second-order valence-electron chi connectivity index (χ2n) is 2.15. The van der Waals surface area contributed by atoms with Crippen LogP contribution in [-0.2, 0) is 17.4 Å². The van der Waals surface area contributed by atoms with Gasteiger partial charge in [-0.25, -0.2) is 4.99 Å². The number of hydrogen-bond donors (Lipinski definition) is 0. The van der Waals surface area contributed by atoms with Crippen molar-refractivity contribution in [2.75, 3.05) is 6.61 Å². The molecule has 1 aromatic rings. The summed E-state index contributed by atoms with van der Waals surface area (Å²) in [6, 6.07) is 9.51. The summed E-state index contributed by atoms with van der Waals surface area (Å²) >= 11 is 4.85. The molecule has 0 spiro atoms. The van der Waals surface area contributed by atoms with Gasteiger partial charge in [0.1, 0.15) is 0 Å². The molecule has 0 unspecified atom stereocenters. The van der Waals surface area contributed by atoms with Crippen molar-refractivity contribution in [1.82, 2.24) is 0 Å². The maximum absolute atomic E-state index is 5.01. The molecule has 0 heterocycles. The summed E-state index contributed by atoms with van der Waals surface area (Å²) in [5.41, 5.74) is 0.830. The lowest BCUT2D eigenvalue weighted by Gasteiger charge is -2.10. The van der Waals surface area contributed by atoms with Crippen molar-refractivity contribution in [2.24, 2.45) is 4.99 Å². The van der Waals surface area contributed by atoms with Crippen LogP contribution >= 0.6 is 0 Å². The van der Waals surface area contributed by atoms with Gasteiger partial charge in [-0.05, 0) is 19.1 Å². The highest BCUT2D eigenvalue weighted by Crippen LogP contribution is 2.09. The summed E-state index contributed by atoms with van der Waals surface area (Å²) in [7, 11) is 0. The molecule has 0 atom stereocenters. The van der Waals surface area contributed by atoms with Gasteiger partial charge in [0.25, 0.3) is 0 Å². The molecular weight excluding hydrogens is 170 g/mol. The Hall–Kier alpha value is -1.09. The number of rotatable bonds is 2. The minimum absolute atomic E-state index is 0.295. The van der Waals surface area contributed by atoms with E-state index in [0.717, 1.165) is 5.69 Å². The van der Waals surface area contributed by atoms with Gasteiger partial charge >= 0.3 is 0 Å². The minimum atomic E-state index is 0.295. The van der Waals surface area contributed by atoms with E-state index in [-0.39, 0.29) is 0 Å². The third-order valence-electron chi connectivity index (χ3n) is 1.24. The molecule has 0 bridgehead atoms. The maximum Gasteiger partial charge on any atom is 0.0845 e. The van der Waals surface area contributed by atoms with Crippen LogP contribution in [0.4, 0.5) is 5.69 Å². The predicted molar refractivity (Wildman–Crippen MR) is 52.5 cm³/mol. The van der Waals surface area contributed by atoms with Crippen molar-refractivity contribution in [2.45, 2.75) is 6.92 Å². The third kappa shape index (κ3) is 2.88. The first-order valence-corrected chi connectivity index (χ1v) is 4.17. The predicted octanol–water partition coefficient (Wildman–Crippen LogP) is 2.26. The maximum atomic E-state index is 5.01. The molecule has 0 radical (unpaired) electrons. The lowest BCUT2D eigenvalue weighted by atomic mass is 10.3. The second kappa shape index (κ2) is 4.72. The largest absolute Gasteiger partial charge is 0.722 e. The number of ether oxygens (including phenoxy) is 1. The van der Waals surface area contributed by atoms with Crippen LogP contribution in [0.15, 0.2) is 35.3 Å². The van der Waals surface area contributed by atoms with Crippen molar-refractivity contribution in [3.8, 4) is 0 Å². The van der Waals surface area contributed by atoms with Crippen LogP contribution in [0.1, 0.15) is 6.92 Å². The number of nitrogens with zero attached hydrogens (tertiary/aromatic N) is 1. The SMILES string of the molecule is CCOC([S-])=Nc1ccccc1. The fourth-order valence-electron chi connectivity index (χ4n) is 0.764. The fourth-order valence-corrected chi connectivity index (χ4v) is 0.987. The zero-order valence-corrected chi connectivity index (χ0v) is 7.67. The Balaban J connectivity index is 2.67. The summed E-state index contributed by atoms with van der Waals surface area (Å²) in [6.07, 6.45) is 0. The Morgan fingerprint density at radius 3 is 2.67 bits per heavy atom. The van der Waals surface area contributed by atoms with E-state index in [1.165, 1.54) is 0 Å². The third-order valence-corrected chi connectivity index (χ3v) is 1.45. The molecule has 0 aliphatic carbocycles. The standard InChI is InChI=1S/C9H11NOS/c1-2-11-9(12)10-8-6-4-3-5-7-8/h3-7H,2H2,1H3,(H,10,12)/p-1. The highest BCUT2D eigenvalue weighted by atomic mass is 32.1. The first-order valence-electron chi connectivity index (χ1n) is 3.76. The molecule has 0 saturated heterocycles. The van der Waals surface area contributed by atoms with Gasteiger partial charge in [-0.2, -0.15) is 0 Å². The van der Waals surface area contributed by atoms with Gasteiger partial charge < -0.3 is 17.4 Å². The topological polar surface area (TPSA) is 21.6 Å². The van der Waals surface area contributed by atoms with E-state index in [2.05, 4.69) is 4.99 Å². The molecule has 0 aliphatic rings. The summed E-state index contributed by atoms with van der Waals surface area (Å²) in [5.74, 6) is 0. The molecule has 0 aromatic heterocycles. The normalized spacial score (nSPS) is 11.2. The van der Waals surface area contributed by atoms with Gasteiger partial charge in [-0.1, -0.05) is 18.2 Å². The molecule has 1 aromatic carbocycles. The van der Waals surface area contributed by atoms with E-state index in [4.69, 9.17) is 17.4 Å². The molecule has 1 rings (SSSR count). The monoisotopic (exact) mass is 180 g/mol. The molecule has 3 heteroatoms. The lowest BCUT2D eigenvalue weighted by Crippen LogP contribution is -1.98. The van der Waals surface area contributed by atoms with Gasteiger partial charge in [-0.3, -0.25) is 0 Å². The van der Waals surface area contributed by atoms with Crippen LogP contribution in [-0.4, -0.2) is 11.8 Å². The van der Waals surface area contributed by atoms with E-state index in [0.29, 0.717) is 11.8 Å². The zero-order valence-electron chi connectivity index (χ0n) is 6.86. The van der Waals surface area contributed by atoms with Gasteiger partial charge in [-0.15, -0.1) is 0 Å². The second-order valence-corrected chi connectivity index (χ2v) is 2.50. The van der Waals surface area contributed by atoms with Gasteiger partial charge in [0.15, 0.2) is 0 Å². The van der Waals surface area contributed by atoms with Gasteiger partial charge in [0.05, 0.1) is 17.5 Å². The van der Waals surface area contributed by atoms with Crippen LogP contribution in [0.2, 0.25) is 0 Å². The number of hydrogen-bond acceptors (Lipinski definition) is 3. The average molecular weight is 180 g/mol. The van der Waals surface area contributed by atoms with E-state index in [1.54, 1.807) is 0 Å². The smallest absolute Gasteiger partial charge is 0.0845 e. The Morgan fingerprint density at radius 1 is 1.42 bits per heavy atom. The molecule has 0 saturated carbocycles. The van der Waals surface area contributed by atoms with Crippen molar-refractivity contribution in [3.05, 3.63) is 30.3 Å². The Kier molecular flexibility index (Phi) is 3.54. The summed E-state index contributed by atoms with van der Waals surface area (Å²) in [4.78, 5) is 4.06. The van der Waals surface area contributed by atoms with Crippen molar-refractivity contribution >= 4 is 23.5 Å². The van der Waals surface area contributed by atoms with E-state index in [9.17, 15) is 0 Å². The van der Waals surface area contributed by atoms with Crippen LogP contribution in [0.25, 0.3) is 0 Å². The van der Waals surface area contributed by atoms with Gasteiger partial charge in [0.2, 0.25) is 0 Å². The Morgan fingerprint density at radius 2 is 2.08 bits per heavy atom. The molecule has 0 aliphatic heterocycles. The number of aliphatic imine (C=N–C) groups is 1. The van der Waals surface area contributed by atoms with E-state index in [1.807, 2.05) is 37.3 Å². The van der Waals surface area contributed by atoms with Crippen LogP contribution < -0.4 is 0 Å². The summed E-state index contributed by atoms with van der Waals surface area (Å²) in [5, 5.41) is 0.295. The molecule has 64 valence electrons. The fraction of sp³-hybridized carbons (Fsp3) is 0.222. The quantitative estimate of drug-likeness (QED) is 0.395. The van der Waals surface area contributed by atoms with Gasteiger partial charge in [0, 0.05) is 0 Å². The Labute approximate surface area is 77.7 Å². The summed E-state index contributed by atoms with van der Waals surface area (Å²) < 4.78 is 5.01.